The number of anilines is 1. The fraction of sp³-hybridized carbons (Fsp3) is 0.300. The zero-order valence-electron chi connectivity index (χ0n) is 15.3. The molecule has 0 aliphatic heterocycles. The van der Waals surface area contributed by atoms with E-state index in [0.29, 0.717) is 11.4 Å². The lowest BCUT2D eigenvalue weighted by Gasteiger charge is -2.15. The van der Waals surface area contributed by atoms with Gasteiger partial charge in [-0.15, -0.1) is 0 Å². The van der Waals surface area contributed by atoms with Crippen molar-refractivity contribution in [3.8, 4) is 5.75 Å². The summed E-state index contributed by atoms with van der Waals surface area (Å²) in [5.74, 6) is -0.391. The summed E-state index contributed by atoms with van der Waals surface area (Å²) in [6, 6.07) is 11.2. The van der Waals surface area contributed by atoms with E-state index in [1.165, 1.54) is 6.92 Å². The number of benzene rings is 2. The molecule has 0 aromatic heterocycles. The molecule has 2 rings (SSSR count). The van der Waals surface area contributed by atoms with Crippen LogP contribution >= 0.6 is 15.9 Å². The van der Waals surface area contributed by atoms with Crippen LogP contribution in [0.1, 0.15) is 23.6 Å². The standard InChI is InChI=1S/C20H22BrNO4/c1-12-6-8-18(14(3)9-12)25-11-19(23)26-15(4)20(24)22-17-7-5-13(2)10-16(17)21/h5-10,15H,11H2,1-4H3,(H,22,24)/t15-/m0/s1. The zero-order chi connectivity index (χ0) is 19.3. The van der Waals surface area contributed by atoms with Crippen LogP contribution in [0.15, 0.2) is 40.9 Å². The number of ether oxygens (including phenoxy) is 2. The molecule has 0 fully saturated rings. The maximum atomic E-state index is 12.2. The lowest BCUT2D eigenvalue weighted by molar-refractivity contribution is -0.155. The summed E-state index contributed by atoms with van der Waals surface area (Å²) in [4.78, 5) is 24.1. The molecule has 0 saturated carbocycles. The van der Waals surface area contributed by atoms with E-state index in [4.69, 9.17) is 9.47 Å². The average Bonchev–Trinajstić information content (AvgIpc) is 2.56. The topological polar surface area (TPSA) is 64.6 Å². The van der Waals surface area contributed by atoms with E-state index in [1.807, 2.05) is 51.1 Å². The van der Waals surface area contributed by atoms with Gasteiger partial charge in [0.25, 0.3) is 5.91 Å². The number of halogens is 1. The van der Waals surface area contributed by atoms with E-state index in [-0.39, 0.29) is 6.61 Å². The Morgan fingerprint density at radius 2 is 1.73 bits per heavy atom. The Balaban J connectivity index is 1.86. The number of carbonyl (C=O) groups excluding carboxylic acids is 2. The van der Waals surface area contributed by atoms with Crippen molar-refractivity contribution in [2.45, 2.75) is 33.8 Å². The van der Waals surface area contributed by atoms with Crippen molar-refractivity contribution >= 4 is 33.5 Å². The second-order valence-corrected chi connectivity index (χ2v) is 7.02. The smallest absolute Gasteiger partial charge is 0.344 e. The van der Waals surface area contributed by atoms with Gasteiger partial charge in [0, 0.05) is 4.47 Å². The quantitative estimate of drug-likeness (QED) is 0.707. The third-order valence-electron chi connectivity index (χ3n) is 3.74. The fourth-order valence-electron chi connectivity index (χ4n) is 2.34. The van der Waals surface area contributed by atoms with Gasteiger partial charge in [0.15, 0.2) is 12.7 Å². The van der Waals surface area contributed by atoms with Crippen LogP contribution in [0.25, 0.3) is 0 Å². The van der Waals surface area contributed by atoms with Crippen molar-refractivity contribution in [1.82, 2.24) is 0 Å². The highest BCUT2D eigenvalue weighted by Crippen LogP contribution is 2.23. The first-order valence-electron chi connectivity index (χ1n) is 8.23. The van der Waals surface area contributed by atoms with Gasteiger partial charge in [0.2, 0.25) is 0 Å². The average molecular weight is 420 g/mol. The van der Waals surface area contributed by atoms with Gasteiger partial charge in [-0.05, 0) is 73.0 Å². The molecule has 5 nitrogen and oxygen atoms in total. The maximum absolute atomic E-state index is 12.2. The van der Waals surface area contributed by atoms with Crippen LogP contribution in [0.4, 0.5) is 5.69 Å². The molecule has 2 aromatic carbocycles. The molecule has 0 bridgehead atoms. The van der Waals surface area contributed by atoms with Crippen LogP contribution in [0.2, 0.25) is 0 Å². The molecular formula is C20H22BrNO4. The van der Waals surface area contributed by atoms with Crippen molar-refractivity contribution in [3.05, 3.63) is 57.6 Å². The minimum atomic E-state index is -0.932. The number of hydrogen-bond donors (Lipinski definition) is 1. The monoisotopic (exact) mass is 419 g/mol. The molecule has 6 heteroatoms. The third kappa shape index (κ3) is 5.59. The number of aryl methyl sites for hydroxylation is 3. The first kappa shape index (κ1) is 20.0. The molecule has 0 saturated heterocycles. The van der Waals surface area contributed by atoms with E-state index in [9.17, 15) is 9.59 Å². The molecule has 0 aliphatic carbocycles. The van der Waals surface area contributed by atoms with Crippen LogP contribution in [-0.4, -0.2) is 24.6 Å². The lowest BCUT2D eigenvalue weighted by atomic mass is 10.1. The van der Waals surface area contributed by atoms with E-state index in [0.717, 1.165) is 21.2 Å². The second kappa shape index (κ2) is 8.85. The maximum Gasteiger partial charge on any atom is 0.344 e. The predicted molar refractivity (Wildman–Crippen MR) is 104 cm³/mol. The molecule has 1 N–H and O–H groups in total. The van der Waals surface area contributed by atoms with Gasteiger partial charge >= 0.3 is 5.97 Å². The third-order valence-corrected chi connectivity index (χ3v) is 4.39. The summed E-state index contributed by atoms with van der Waals surface area (Å²) in [7, 11) is 0. The highest BCUT2D eigenvalue weighted by Gasteiger charge is 2.19. The van der Waals surface area contributed by atoms with Gasteiger partial charge < -0.3 is 14.8 Å². The first-order chi connectivity index (χ1) is 12.3. The molecule has 0 aliphatic rings. The molecule has 0 unspecified atom stereocenters. The van der Waals surface area contributed by atoms with Gasteiger partial charge in [0.1, 0.15) is 5.75 Å². The van der Waals surface area contributed by atoms with Crippen molar-refractivity contribution in [2.24, 2.45) is 0 Å². The molecule has 1 amide bonds. The van der Waals surface area contributed by atoms with Crippen LogP contribution < -0.4 is 10.1 Å². The van der Waals surface area contributed by atoms with E-state index < -0.39 is 18.0 Å². The first-order valence-corrected chi connectivity index (χ1v) is 9.02. The van der Waals surface area contributed by atoms with E-state index >= 15 is 0 Å². The number of amides is 1. The minimum absolute atomic E-state index is 0.254. The zero-order valence-corrected chi connectivity index (χ0v) is 16.8. The molecule has 138 valence electrons. The Morgan fingerprint density at radius 1 is 1.08 bits per heavy atom. The van der Waals surface area contributed by atoms with Crippen LogP contribution in [0.5, 0.6) is 5.75 Å². The molecule has 0 heterocycles. The molecule has 1 atom stereocenters. The molecule has 2 aromatic rings. The van der Waals surface area contributed by atoms with Gasteiger partial charge in [-0.3, -0.25) is 4.79 Å². The number of hydrogen-bond acceptors (Lipinski definition) is 4. The molecule has 0 spiro atoms. The van der Waals surface area contributed by atoms with Gasteiger partial charge in [0.05, 0.1) is 5.69 Å². The highest BCUT2D eigenvalue weighted by molar-refractivity contribution is 9.10. The molecule has 26 heavy (non-hydrogen) atoms. The minimum Gasteiger partial charge on any atom is -0.482 e. The number of rotatable bonds is 6. The van der Waals surface area contributed by atoms with E-state index in [2.05, 4.69) is 21.2 Å². The van der Waals surface area contributed by atoms with Crippen molar-refractivity contribution in [1.29, 1.82) is 0 Å². The van der Waals surface area contributed by atoms with Gasteiger partial charge in [-0.1, -0.05) is 23.8 Å². The Labute approximate surface area is 161 Å². The fourth-order valence-corrected chi connectivity index (χ4v) is 2.93. The second-order valence-electron chi connectivity index (χ2n) is 6.16. The van der Waals surface area contributed by atoms with Crippen LogP contribution in [0.3, 0.4) is 0 Å². The summed E-state index contributed by atoms with van der Waals surface area (Å²) < 4.78 is 11.4. The lowest BCUT2D eigenvalue weighted by Crippen LogP contribution is -2.31. The molecular weight excluding hydrogens is 398 g/mol. The Kier molecular flexibility index (Phi) is 6.80. The highest BCUT2D eigenvalue weighted by atomic mass is 79.9. The predicted octanol–water partition coefficient (Wildman–Crippen LogP) is 4.32. The van der Waals surface area contributed by atoms with Crippen LogP contribution in [0, 0.1) is 20.8 Å². The summed E-state index contributed by atoms with van der Waals surface area (Å²) >= 11 is 3.40. The van der Waals surface area contributed by atoms with Crippen LogP contribution in [-0.2, 0) is 14.3 Å². The Morgan fingerprint density at radius 3 is 2.38 bits per heavy atom. The van der Waals surface area contributed by atoms with E-state index in [1.54, 1.807) is 6.07 Å². The Hall–Kier alpha value is -2.34. The van der Waals surface area contributed by atoms with Gasteiger partial charge in [-0.25, -0.2) is 4.79 Å². The SMILES string of the molecule is Cc1ccc(OCC(=O)O[C@@H](C)C(=O)Nc2ccc(C)cc2Br)c(C)c1. The van der Waals surface area contributed by atoms with Gasteiger partial charge in [-0.2, -0.15) is 0 Å². The summed E-state index contributed by atoms with van der Waals surface area (Å²) in [6.07, 6.45) is -0.932. The normalized spacial score (nSPS) is 11.6. The van der Waals surface area contributed by atoms with Crippen molar-refractivity contribution < 1.29 is 19.1 Å². The van der Waals surface area contributed by atoms with Crippen molar-refractivity contribution in [3.63, 3.8) is 0 Å². The number of esters is 1. The molecule has 0 radical (unpaired) electrons. The summed E-state index contributed by atoms with van der Waals surface area (Å²) in [6.45, 7) is 7.11. The van der Waals surface area contributed by atoms with Crippen molar-refractivity contribution in [2.75, 3.05) is 11.9 Å². The largest absolute Gasteiger partial charge is 0.482 e. The summed E-state index contributed by atoms with van der Waals surface area (Å²) in [5.41, 5.74) is 3.74. The summed E-state index contributed by atoms with van der Waals surface area (Å²) in [5, 5.41) is 2.73. The number of nitrogens with one attached hydrogen (secondary N) is 1. The Bertz CT molecular complexity index is 819. The number of carbonyl (C=O) groups is 2.